The Bertz CT molecular complexity index is 1940. The van der Waals surface area contributed by atoms with E-state index in [4.69, 9.17) is 19.3 Å². The van der Waals surface area contributed by atoms with Gasteiger partial charge < -0.3 is 44.9 Å². The molecule has 386 valence electrons. The summed E-state index contributed by atoms with van der Waals surface area (Å²) in [6.07, 6.45) is 0.433. The van der Waals surface area contributed by atoms with Gasteiger partial charge >= 0.3 is 11.9 Å². The number of nitrogens with one attached hydrogen (secondary N) is 2. The molecule has 4 N–H and O–H groups in total. The molecule has 0 saturated carbocycles. The number of methoxy groups -OCH3 is 2. The number of hydrogen-bond donors (Lipinski definition) is 4. The van der Waals surface area contributed by atoms with Crippen LogP contribution in [-0.4, -0.2) is 164 Å². The Morgan fingerprint density at radius 3 is 2.03 bits per heavy atom. The van der Waals surface area contributed by atoms with E-state index in [1.165, 1.54) is 14.2 Å². The van der Waals surface area contributed by atoms with E-state index in [9.17, 15) is 43.5 Å². The van der Waals surface area contributed by atoms with Crippen LogP contribution in [0.15, 0.2) is 24.3 Å². The van der Waals surface area contributed by atoms with Crippen molar-refractivity contribution in [2.75, 3.05) is 67.0 Å². The summed E-state index contributed by atoms with van der Waals surface area (Å²) in [5.74, 6) is -3.20. The molecule has 18 nitrogen and oxygen atoms in total. The quantitative estimate of drug-likeness (QED) is 0.0626. The third-order valence-electron chi connectivity index (χ3n) is 13.2. The van der Waals surface area contributed by atoms with Gasteiger partial charge in [-0.2, -0.15) is 0 Å². The van der Waals surface area contributed by atoms with E-state index in [1.807, 2.05) is 66.5 Å². The molecule has 1 aliphatic heterocycles. The number of aliphatic carboxylic acids is 2. The number of amides is 4. The van der Waals surface area contributed by atoms with E-state index in [2.05, 4.69) is 10.6 Å². The Morgan fingerprint density at radius 2 is 1.49 bits per heavy atom. The van der Waals surface area contributed by atoms with Crippen molar-refractivity contribution in [1.82, 2.24) is 20.0 Å². The van der Waals surface area contributed by atoms with Gasteiger partial charge in [-0.25, -0.2) is 4.79 Å². The van der Waals surface area contributed by atoms with Crippen LogP contribution in [0.2, 0.25) is 0 Å². The van der Waals surface area contributed by atoms with E-state index in [-0.39, 0.29) is 105 Å². The number of carbonyl (C=O) groups is 8. The van der Waals surface area contributed by atoms with Crippen molar-refractivity contribution in [3.05, 3.63) is 29.8 Å². The summed E-state index contributed by atoms with van der Waals surface area (Å²) in [6.45, 7) is 14.3. The van der Waals surface area contributed by atoms with Crippen LogP contribution in [0.5, 0.6) is 0 Å². The average molecular weight is 970 g/mol. The summed E-state index contributed by atoms with van der Waals surface area (Å²) in [6, 6.07) is 5.36. The van der Waals surface area contributed by atoms with Crippen molar-refractivity contribution < 1.29 is 62.8 Å². The molecule has 9 atom stereocenters. The number of ether oxygens (including phenoxy) is 3. The van der Waals surface area contributed by atoms with Crippen LogP contribution in [0.3, 0.4) is 0 Å². The smallest absolute Gasteiger partial charge is 0.382 e. The number of Topliss-reactive ketones (excluding diaryl/α,β-unsaturated/α-hetero) is 2. The standard InChI is InChI=1S/C51H79N5O13/c1-13-33(6)48(55(10)50(64)38(31(2)3)29-41(58)47(32(4)5)54(8)9)42(67-11)30-45(61)56-24-14-15-39(56)49(68-12)34(7)40(57)28-36(51(65)66)27-35-16-18-37(19-17-35)53-44(60)22-25-69-26-23-52-43(59)20-21-46(62)63/h16-19,31-34,36,38-39,42,47-49H,13-15,22-30H2,1-12H3,(H,52,59)(H,53,60)(H,62,63)(H,65,66)/t33?,34-,36+,38-,39-,42?,47-,48-,49+/m0/s1. The molecule has 4 amide bonds. The fourth-order valence-electron chi connectivity index (χ4n) is 9.37. The number of carbonyl (C=O) groups excluding carboxylic acids is 6. The van der Waals surface area contributed by atoms with Gasteiger partial charge in [-0.15, -0.1) is 0 Å². The van der Waals surface area contributed by atoms with E-state index < -0.39 is 59.9 Å². The predicted molar refractivity (Wildman–Crippen MR) is 260 cm³/mol. The maximum atomic E-state index is 14.4. The highest BCUT2D eigenvalue weighted by Crippen LogP contribution is 2.32. The minimum atomic E-state index is -1.42. The van der Waals surface area contributed by atoms with Gasteiger partial charge in [-0.1, -0.05) is 67.0 Å². The number of carboxylic acid groups (broad SMARTS) is 2. The molecule has 2 unspecified atom stereocenters. The van der Waals surface area contributed by atoms with E-state index in [1.54, 1.807) is 54.0 Å². The van der Waals surface area contributed by atoms with Gasteiger partial charge in [0.1, 0.15) is 5.78 Å². The highest BCUT2D eigenvalue weighted by atomic mass is 16.5. The van der Waals surface area contributed by atoms with Crippen LogP contribution in [0.25, 0.3) is 0 Å². The Labute approximate surface area is 408 Å². The second kappa shape index (κ2) is 29.7. The fourth-order valence-corrected chi connectivity index (χ4v) is 9.37. The Kier molecular flexibility index (Phi) is 25.8. The van der Waals surface area contributed by atoms with Crippen LogP contribution in [0.1, 0.15) is 99.0 Å². The summed E-state index contributed by atoms with van der Waals surface area (Å²) in [4.78, 5) is 108. The Balaban J connectivity index is 2.10. The van der Waals surface area contributed by atoms with Gasteiger partial charge in [0.2, 0.25) is 17.7 Å². The molecule has 0 radical (unpaired) electrons. The fraction of sp³-hybridized carbons (Fsp3) is 0.686. The van der Waals surface area contributed by atoms with Crippen LogP contribution in [0, 0.1) is 47.3 Å². The van der Waals surface area contributed by atoms with Crippen molar-refractivity contribution in [2.45, 2.75) is 130 Å². The first-order valence-electron chi connectivity index (χ1n) is 24.0. The number of benzene rings is 1. The predicted octanol–water partition coefficient (Wildman–Crippen LogP) is 4.18. The van der Waals surface area contributed by atoms with Crippen molar-refractivity contribution in [1.29, 1.82) is 0 Å². The molecule has 1 fully saturated rings. The Morgan fingerprint density at radius 1 is 0.841 bits per heavy atom. The highest BCUT2D eigenvalue weighted by Gasteiger charge is 2.43. The van der Waals surface area contributed by atoms with Crippen LogP contribution in [0.4, 0.5) is 5.69 Å². The van der Waals surface area contributed by atoms with Gasteiger partial charge in [-0.05, 0) is 68.8 Å². The first kappa shape index (κ1) is 59.9. The van der Waals surface area contributed by atoms with Crippen LogP contribution < -0.4 is 10.6 Å². The molecule has 1 saturated heterocycles. The monoisotopic (exact) mass is 970 g/mol. The third-order valence-corrected chi connectivity index (χ3v) is 13.2. The topological polar surface area (TPSA) is 238 Å². The van der Waals surface area contributed by atoms with Gasteiger partial charge in [0.05, 0.1) is 62.3 Å². The molecular formula is C51H79N5O13. The van der Waals surface area contributed by atoms with Crippen molar-refractivity contribution >= 4 is 52.8 Å². The van der Waals surface area contributed by atoms with E-state index in [0.717, 1.165) is 0 Å². The van der Waals surface area contributed by atoms with Gasteiger partial charge in [0.25, 0.3) is 5.91 Å². The van der Waals surface area contributed by atoms with Crippen LogP contribution in [-0.2, 0) is 59.0 Å². The molecule has 18 heteroatoms. The number of likely N-dealkylation sites (tertiary alicyclic amines) is 1. The number of carboxylic acids is 2. The highest BCUT2D eigenvalue weighted by molar-refractivity contribution is 6.00. The summed E-state index contributed by atoms with van der Waals surface area (Å²) in [7, 11) is 8.50. The molecule has 0 aromatic heterocycles. The van der Waals surface area contributed by atoms with Gasteiger partial charge in [0.15, 0.2) is 5.78 Å². The van der Waals surface area contributed by atoms with Crippen LogP contribution >= 0.6 is 0 Å². The summed E-state index contributed by atoms with van der Waals surface area (Å²) in [5, 5.41) is 23.8. The summed E-state index contributed by atoms with van der Waals surface area (Å²) in [5.41, 5.74) is 1.11. The maximum Gasteiger partial charge on any atom is 0.382 e. The second-order valence-electron chi connectivity index (χ2n) is 19.1. The zero-order valence-electron chi connectivity index (χ0n) is 42.9. The first-order chi connectivity index (χ1) is 32.5. The van der Waals surface area contributed by atoms with E-state index in [0.29, 0.717) is 37.1 Å². The minimum Gasteiger partial charge on any atom is -0.481 e. The first-order valence-corrected chi connectivity index (χ1v) is 24.0. The molecule has 0 bridgehead atoms. The van der Waals surface area contributed by atoms with Crippen molar-refractivity contribution in [3.63, 3.8) is 0 Å². The number of hydrogen-bond acceptors (Lipinski definition) is 12. The number of anilines is 1. The molecule has 69 heavy (non-hydrogen) atoms. The van der Waals surface area contributed by atoms with Crippen molar-refractivity contribution in [2.24, 2.45) is 35.5 Å². The molecule has 1 aromatic rings. The summed E-state index contributed by atoms with van der Waals surface area (Å²) >= 11 is 0. The lowest BCUT2D eigenvalue weighted by Crippen LogP contribution is -2.54. The number of nitrogens with zero attached hydrogens (tertiary/aromatic N) is 3. The largest absolute Gasteiger partial charge is 0.481 e. The molecule has 2 rings (SSSR count). The third kappa shape index (κ3) is 18.9. The zero-order chi connectivity index (χ0) is 52.1. The van der Waals surface area contributed by atoms with Gasteiger partial charge in [0, 0.05) is 76.6 Å². The lowest BCUT2D eigenvalue weighted by atomic mass is 9.83. The zero-order valence-corrected chi connectivity index (χ0v) is 42.9. The lowest BCUT2D eigenvalue weighted by molar-refractivity contribution is -0.149. The molecule has 1 aliphatic rings. The molecule has 0 aliphatic carbocycles. The molecular weight excluding hydrogens is 891 g/mol. The lowest BCUT2D eigenvalue weighted by Gasteiger charge is -2.41. The number of likely N-dealkylation sites (N-methyl/N-ethyl adjacent to an activating group) is 2. The molecule has 1 aromatic carbocycles. The van der Waals surface area contributed by atoms with Gasteiger partial charge in [-0.3, -0.25) is 38.5 Å². The maximum absolute atomic E-state index is 14.4. The molecule has 1 heterocycles. The average Bonchev–Trinajstić information content (AvgIpc) is 3.77. The number of rotatable bonds is 30. The Hall–Kier alpha value is -5.22. The van der Waals surface area contributed by atoms with Crippen molar-refractivity contribution in [3.8, 4) is 11.8 Å². The molecule has 0 spiro atoms. The number of ketones is 2. The minimum absolute atomic E-state index is 0.0119. The normalized spacial score (nSPS) is 17.1. The summed E-state index contributed by atoms with van der Waals surface area (Å²) < 4.78 is 17.3. The SMILES string of the molecule is CCC(C)[C@@H](C(CC(=O)N1CCC[C@H]1[C@H](OC)[C@@H](C)C(=O)C[C@@H](Cc1ccc(NC(=O)CCOCCNC(=O)C#CC(=O)O)cc1)C(=O)O)OC)N(C)C(=O)[C@@H](CC(=O)[C@H](C(C)C)N(C)C)C(C)C. The van der Waals surface area contributed by atoms with E-state index >= 15 is 0 Å². The second-order valence-corrected chi connectivity index (χ2v) is 19.1.